The van der Waals surface area contributed by atoms with E-state index < -0.39 is 18.0 Å². The van der Waals surface area contributed by atoms with Crippen LogP contribution in [0.2, 0.25) is 0 Å². The molecule has 0 aromatic rings. The van der Waals surface area contributed by atoms with Crippen molar-refractivity contribution in [2.24, 2.45) is 5.41 Å². The maximum absolute atomic E-state index is 12.1. The first kappa shape index (κ1) is 22.3. The van der Waals surface area contributed by atoms with Crippen molar-refractivity contribution in [1.29, 1.82) is 0 Å². The molecule has 0 aliphatic carbocycles. The lowest BCUT2D eigenvalue weighted by Gasteiger charge is -2.26. The third-order valence-electron chi connectivity index (χ3n) is 3.50. The molecule has 0 aliphatic heterocycles. The molecule has 3 atom stereocenters. The Balaban J connectivity index is 4.50. The normalized spacial score (nSPS) is 16.0. The molecular formula is C17H34O6. The second-order valence-corrected chi connectivity index (χ2v) is 6.02. The van der Waals surface area contributed by atoms with Crippen molar-refractivity contribution in [2.45, 2.75) is 73.6 Å². The zero-order valence-corrected chi connectivity index (χ0v) is 15.7. The Morgan fingerprint density at radius 2 is 1.57 bits per heavy atom. The summed E-state index contributed by atoms with van der Waals surface area (Å²) in [6.07, 6.45) is -0.479. The summed E-state index contributed by atoms with van der Waals surface area (Å²) in [5.74, 6) is -0.265. The summed E-state index contributed by atoms with van der Waals surface area (Å²) in [6.45, 7) is 14.7. The molecular weight excluding hydrogens is 300 g/mol. The van der Waals surface area contributed by atoms with Gasteiger partial charge in [0.2, 0.25) is 0 Å². The minimum Gasteiger partial charge on any atom is -0.460 e. The molecule has 138 valence electrons. The smallest absolute Gasteiger partial charge is 0.311 e. The summed E-state index contributed by atoms with van der Waals surface area (Å²) < 4.78 is 27.4. The molecule has 0 aliphatic rings. The quantitative estimate of drug-likeness (QED) is 0.381. The fraction of sp³-hybridized carbons (Fsp3) is 0.941. The maximum Gasteiger partial charge on any atom is 0.311 e. The summed E-state index contributed by atoms with van der Waals surface area (Å²) in [6, 6.07) is 0. The van der Waals surface area contributed by atoms with E-state index in [0.29, 0.717) is 26.2 Å². The van der Waals surface area contributed by atoms with Crippen molar-refractivity contribution in [3.8, 4) is 0 Å². The Bertz CT molecular complexity index is 318. The van der Waals surface area contributed by atoms with E-state index in [1.165, 1.54) is 0 Å². The first-order valence-electron chi connectivity index (χ1n) is 8.44. The zero-order chi connectivity index (χ0) is 17.9. The minimum absolute atomic E-state index is 0.0263. The predicted octanol–water partition coefficient (Wildman–Crippen LogP) is 3.13. The highest BCUT2D eigenvalue weighted by atomic mass is 16.8. The molecule has 0 spiro atoms. The number of carbonyl (C=O) groups excluding carboxylic acids is 1. The highest BCUT2D eigenvalue weighted by molar-refractivity contribution is 5.75. The first-order valence-corrected chi connectivity index (χ1v) is 8.44. The largest absolute Gasteiger partial charge is 0.460 e. The van der Waals surface area contributed by atoms with Crippen molar-refractivity contribution in [1.82, 2.24) is 0 Å². The van der Waals surface area contributed by atoms with Crippen LogP contribution in [-0.4, -0.2) is 51.1 Å². The van der Waals surface area contributed by atoms with Gasteiger partial charge in [-0.1, -0.05) is 6.92 Å². The van der Waals surface area contributed by atoms with Crippen molar-refractivity contribution in [3.63, 3.8) is 0 Å². The van der Waals surface area contributed by atoms with E-state index in [9.17, 15) is 4.79 Å². The molecule has 0 rings (SSSR count). The Labute approximate surface area is 140 Å². The Kier molecular flexibility index (Phi) is 11.4. The molecule has 0 saturated carbocycles. The van der Waals surface area contributed by atoms with Gasteiger partial charge in [-0.3, -0.25) is 4.79 Å². The van der Waals surface area contributed by atoms with Crippen LogP contribution in [0.5, 0.6) is 0 Å². The van der Waals surface area contributed by atoms with E-state index in [1.54, 1.807) is 6.92 Å². The van der Waals surface area contributed by atoms with E-state index in [1.807, 2.05) is 41.5 Å². The molecule has 0 heterocycles. The lowest BCUT2D eigenvalue weighted by molar-refractivity contribution is -0.257. The van der Waals surface area contributed by atoms with Crippen LogP contribution in [0.4, 0.5) is 0 Å². The highest BCUT2D eigenvalue weighted by Crippen LogP contribution is 2.21. The third kappa shape index (κ3) is 9.91. The number of carbonyl (C=O) groups is 1. The summed E-state index contributed by atoms with van der Waals surface area (Å²) in [5, 5.41) is 0. The monoisotopic (exact) mass is 334 g/mol. The molecule has 0 N–H and O–H groups in total. The second kappa shape index (κ2) is 11.8. The lowest BCUT2D eigenvalue weighted by atomic mass is 9.91. The minimum atomic E-state index is -0.684. The van der Waals surface area contributed by atoms with Crippen LogP contribution in [0.25, 0.3) is 0 Å². The number of hydrogen-bond acceptors (Lipinski definition) is 6. The topological polar surface area (TPSA) is 63.2 Å². The van der Waals surface area contributed by atoms with Crippen LogP contribution in [0, 0.1) is 5.41 Å². The number of rotatable bonds is 13. The molecule has 0 aromatic carbocycles. The van der Waals surface area contributed by atoms with Gasteiger partial charge in [-0.2, -0.15) is 0 Å². The lowest BCUT2D eigenvalue weighted by Crippen LogP contribution is -2.35. The van der Waals surface area contributed by atoms with Gasteiger partial charge in [0.1, 0.15) is 6.61 Å². The zero-order valence-electron chi connectivity index (χ0n) is 15.7. The van der Waals surface area contributed by atoms with Gasteiger partial charge in [-0.15, -0.1) is 0 Å². The predicted molar refractivity (Wildman–Crippen MR) is 88.0 cm³/mol. The van der Waals surface area contributed by atoms with E-state index in [0.717, 1.165) is 0 Å². The van der Waals surface area contributed by atoms with Crippen LogP contribution in [-0.2, 0) is 28.5 Å². The van der Waals surface area contributed by atoms with Gasteiger partial charge < -0.3 is 23.7 Å². The van der Waals surface area contributed by atoms with Crippen LogP contribution in [0.15, 0.2) is 0 Å². The average Bonchev–Trinajstić information content (AvgIpc) is 2.50. The molecule has 0 bridgehead atoms. The van der Waals surface area contributed by atoms with Gasteiger partial charge >= 0.3 is 5.97 Å². The van der Waals surface area contributed by atoms with E-state index in [2.05, 4.69) is 0 Å². The fourth-order valence-corrected chi connectivity index (χ4v) is 1.67. The summed E-state index contributed by atoms with van der Waals surface area (Å²) in [4.78, 5) is 12.1. The number of ether oxygens (including phenoxy) is 5. The summed E-state index contributed by atoms with van der Waals surface area (Å²) in [5.41, 5.74) is -0.519. The van der Waals surface area contributed by atoms with Crippen molar-refractivity contribution < 1.29 is 28.5 Å². The summed E-state index contributed by atoms with van der Waals surface area (Å²) >= 11 is 0. The molecule has 3 unspecified atom stereocenters. The van der Waals surface area contributed by atoms with Gasteiger partial charge in [0, 0.05) is 13.2 Å². The van der Waals surface area contributed by atoms with E-state index in [4.69, 9.17) is 23.7 Å². The SMILES string of the molecule is CCOC(C)COC(COC(=O)C(C)(C)CC)OC(C)OCC. The Morgan fingerprint density at radius 3 is 2.09 bits per heavy atom. The van der Waals surface area contributed by atoms with E-state index in [-0.39, 0.29) is 18.7 Å². The molecule has 0 aromatic heterocycles. The van der Waals surface area contributed by atoms with Gasteiger partial charge in [0.05, 0.1) is 18.1 Å². The number of hydrogen-bond donors (Lipinski definition) is 0. The molecule has 6 nitrogen and oxygen atoms in total. The van der Waals surface area contributed by atoms with Gasteiger partial charge in [0.15, 0.2) is 12.6 Å². The van der Waals surface area contributed by atoms with Crippen LogP contribution in [0.3, 0.4) is 0 Å². The summed E-state index contributed by atoms with van der Waals surface area (Å²) in [7, 11) is 0. The van der Waals surface area contributed by atoms with Gasteiger partial charge in [-0.25, -0.2) is 0 Å². The van der Waals surface area contributed by atoms with E-state index >= 15 is 0 Å². The van der Waals surface area contributed by atoms with Gasteiger partial charge in [-0.05, 0) is 48.0 Å². The fourth-order valence-electron chi connectivity index (χ4n) is 1.67. The Morgan fingerprint density at radius 1 is 0.957 bits per heavy atom. The van der Waals surface area contributed by atoms with Gasteiger partial charge in [0.25, 0.3) is 0 Å². The standard InChI is InChI=1S/C17H34O6/c1-8-17(6,7)16(18)22-12-15(23-14(5)20-10-3)21-11-13(4)19-9-2/h13-15H,8-12H2,1-7H3. The third-order valence-corrected chi connectivity index (χ3v) is 3.50. The van der Waals surface area contributed by atoms with Crippen LogP contribution >= 0.6 is 0 Å². The van der Waals surface area contributed by atoms with Crippen molar-refractivity contribution in [2.75, 3.05) is 26.4 Å². The first-order chi connectivity index (χ1) is 10.8. The molecule has 0 saturated heterocycles. The van der Waals surface area contributed by atoms with Crippen LogP contribution in [0.1, 0.15) is 54.9 Å². The van der Waals surface area contributed by atoms with Crippen molar-refractivity contribution >= 4 is 5.97 Å². The van der Waals surface area contributed by atoms with Crippen LogP contribution < -0.4 is 0 Å². The highest BCUT2D eigenvalue weighted by Gasteiger charge is 2.28. The average molecular weight is 334 g/mol. The molecule has 0 radical (unpaired) electrons. The second-order valence-electron chi connectivity index (χ2n) is 6.02. The number of esters is 1. The van der Waals surface area contributed by atoms with Crippen molar-refractivity contribution in [3.05, 3.63) is 0 Å². The Hall–Kier alpha value is -0.690. The molecule has 6 heteroatoms. The molecule has 0 fully saturated rings. The molecule has 0 amide bonds. The maximum atomic E-state index is 12.1. The molecule has 23 heavy (non-hydrogen) atoms.